The van der Waals surface area contributed by atoms with Crippen molar-refractivity contribution in [2.45, 2.75) is 13.2 Å². The molecule has 3 aromatic carbocycles. The monoisotopic (exact) mass is 667 g/mol. The Kier molecular flexibility index (Phi) is 12.5. The van der Waals surface area contributed by atoms with E-state index in [1.54, 1.807) is 0 Å². The number of halogens is 2. The first-order valence-electron chi connectivity index (χ1n) is 14.8. The Hall–Kier alpha value is -3.37. The van der Waals surface area contributed by atoms with E-state index in [1.165, 1.54) is 11.3 Å². The molecule has 1 N–H and O–H groups in total. The molecule has 45 heavy (non-hydrogen) atoms. The number of hydrogen-bond acceptors (Lipinski definition) is 6. The third-order valence-corrected chi connectivity index (χ3v) is 9.12. The molecule has 0 unspecified atom stereocenters. The fourth-order valence-corrected chi connectivity index (χ4v) is 6.67. The van der Waals surface area contributed by atoms with Crippen molar-refractivity contribution in [3.8, 4) is 28.1 Å². The van der Waals surface area contributed by atoms with Gasteiger partial charge in [-0.1, -0.05) is 60.7 Å². The molecule has 0 bridgehead atoms. The van der Waals surface area contributed by atoms with Crippen molar-refractivity contribution in [3.05, 3.63) is 101 Å². The van der Waals surface area contributed by atoms with Crippen molar-refractivity contribution in [3.63, 3.8) is 0 Å². The van der Waals surface area contributed by atoms with Gasteiger partial charge < -0.3 is 24.0 Å². The van der Waals surface area contributed by atoms with E-state index in [4.69, 9.17) is 9.47 Å². The zero-order valence-electron chi connectivity index (χ0n) is 25.3. The van der Waals surface area contributed by atoms with Crippen LogP contribution in [0.15, 0.2) is 91.0 Å². The van der Waals surface area contributed by atoms with Crippen LogP contribution in [0.1, 0.15) is 15.2 Å². The highest BCUT2D eigenvalue weighted by Gasteiger charge is 2.24. The number of hydrogen-bond donors (Lipinski definition) is 1. The van der Waals surface area contributed by atoms with Crippen molar-refractivity contribution < 1.29 is 19.4 Å². The molecule has 0 saturated carbocycles. The highest BCUT2D eigenvalue weighted by molar-refractivity contribution is 7.21. The van der Waals surface area contributed by atoms with E-state index in [2.05, 4.69) is 57.8 Å². The predicted octanol–water partition coefficient (Wildman–Crippen LogP) is 7.42. The number of morpholine rings is 1. The molecule has 1 fully saturated rings. The number of carboxylic acid groups (broad SMARTS) is 1. The van der Waals surface area contributed by atoms with Gasteiger partial charge in [-0.2, -0.15) is 0 Å². The average molecular weight is 669 g/mol. The number of fused-ring (bicyclic) bond motifs is 1. The quantitative estimate of drug-likeness (QED) is 0.149. The molecule has 0 atom stereocenters. The molecule has 0 amide bonds. The van der Waals surface area contributed by atoms with Crippen LogP contribution in [-0.4, -0.2) is 78.4 Å². The summed E-state index contributed by atoms with van der Waals surface area (Å²) in [4.78, 5) is 17.2. The molecule has 1 aliphatic heterocycles. The Labute approximate surface area is 280 Å². The van der Waals surface area contributed by atoms with Crippen LogP contribution in [0.4, 0.5) is 0 Å². The topological polar surface area (TPSA) is 67.2 Å². The standard InChI is InChI=1S/C35H37N3O4S.2ClH/c1-36(16-18-37-20-22-41-23-21-37)17-19-38-30-24-31(35(39)40)43-34(30)32(27-10-6-3-7-11-27)33(38)28-12-14-29(15-13-28)42-25-26-8-4-2-5-9-26;;/h2-15,24H,16-23,25H2,1H3,(H,39,40);2*1H. The van der Waals surface area contributed by atoms with Gasteiger partial charge in [-0.15, -0.1) is 36.2 Å². The minimum absolute atomic E-state index is 0. The van der Waals surface area contributed by atoms with Crippen molar-refractivity contribution >= 4 is 52.3 Å². The smallest absolute Gasteiger partial charge is 0.345 e. The van der Waals surface area contributed by atoms with E-state index in [0.29, 0.717) is 11.5 Å². The van der Waals surface area contributed by atoms with Gasteiger partial charge in [0.1, 0.15) is 17.2 Å². The molecule has 0 spiro atoms. The number of aromatic nitrogens is 1. The lowest BCUT2D eigenvalue weighted by Gasteiger charge is -2.28. The fourth-order valence-electron chi connectivity index (χ4n) is 5.60. The lowest BCUT2D eigenvalue weighted by molar-refractivity contribution is 0.0344. The van der Waals surface area contributed by atoms with Gasteiger partial charge >= 0.3 is 5.97 Å². The van der Waals surface area contributed by atoms with E-state index in [1.807, 2.05) is 54.6 Å². The molecular formula is C35H39Cl2N3O4S. The lowest BCUT2D eigenvalue weighted by Crippen LogP contribution is -2.41. The Morgan fingerprint density at radius 1 is 0.889 bits per heavy atom. The Bertz CT molecular complexity index is 1650. The van der Waals surface area contributed by atoms with Crippen molar-refractivity contribution in [2.75, 3.05) is 53.0 Å². The van der Waals surface area contributed by atoms with Gasteiger partial charge in [0.2, 0.25) is 0 Å². The first-order chi connectivity index (χ1) is 21.1. The third-order valence-electron chi connectivity index (χ3n) is 7.99. The van der Waals surface area contributed by atoms with E-state index < -0.39 is 5.97 Å². The van der Waals surface area contributed by atoms with Gasteiger partial charge in [0, 0.05) is 44.8 Å². The third kappa shape index (κ3) is 8.27. The molecule has 6 rings (SSSR count). The van der Waals surface area contributed by atoms with E-state index >= 15 is 0 Å². The number of aromatic carboxylic acids is 1. The molecule has 1 saturated heterocycles. The maximum absolute atomic E-state index is 12.1. The molecular weight excluding hydrogens is 629 g/mol. The van der Waals surface area contributed by atoms with Crippen molar-refractivity contribution in [1.29, 1.82) is 0 Å². The Morgan fingerprint density at radius 2 is 1.53 bits per heavy atom. The summed E-state index contributed by atoms with van der Waals surface area (Å²) in [6.45, 7) is 7.62. The summed E-state index contributed by atoms with van der Waals surface area (Å²) >= 11 is 1.35. The first kappa shape index (κ1) is 34.5. The second-order valence-corrected chi connectivity index (χ2v) is 12.0. The zero-order chi connectivity index (χ0) is 29.6. The minimum Gasteiger partial charge on any atom is -0.489 e. The van der Waals surface area contributed by atoms with Crippen LogP contribution in [0.25, 0.3) is 32.6 Å². The zero-order valence-corrected chi connectivity index (χ0v) is 27.7. The normalized spacial score (nSPS) is 13.4. The van der Waals surface area contributed by atoms with Crippen LogP contribution < -0.4 is 4.74 Å². The number of carbonyl (C=O) groups is 1. The number of carboxylic acids is 1. The Balaban J connectivity index is 0.00000230. The minimum atomic E-state index is -0.893. The molecule has 0 aliphatic carbocycles. The maximum Gasteiger partial charge on any atom is 0.345 e. The summed E-state index contributed by atoms with van der Waals surface area (Å²) in [6, 6.07) is 30.6. The van der Waals surface area contributed by atoms with Gasteiger partial charge in [-0.25, -0.2) is 4.79 Å². The molecule has 5 aromatic rings. The molecule has 2 aromatic heterocycles. The highest BCUT2D eigenvalue weighted by Crippen LogP contribution is 2.45. The second-order valence-electron chi connectivity index (χ2n) is 10.9. The van der Waals surface area contributed by atoms with Gasteiger partial charge in [-0.3, -0.25) is 4.90 Å². The number of likely N-dealkylation sites (N-methyl/N-ethyl adjacent to an activating group) is 1. The second kappa shape index (κ2) is 16.3. The first-order valence-corrected chi connectivity index (χ1v) is 15.6. The maximum atomic E-state index is 12.1. The largest absolute Gasteiger partial charge is 0.489 e. The molecule has 10 heteroatoms. The van der Waals surface area contributed by atoms with Crippen molar-refractivity contribution in [1.82, 2.24) is 14.4 Å². The SMILES string of the molecule is CN(CCN1CCOCC1)CCn1c(-c2ccc(OCc3ccccc3)cc2)c(-c2ccccc2)c2sc(C(=O)O)cc21.Cl.Cl. The molecule has 0 radical (unpaired) electrons. The number of rotatable bonds is 12. The summed E-state index contributed by atoms with van der Waals surface area (Å²) in [6.07, 6.45) is 0. The molecule has 238 valence electrons. The van der Waals surface area contributed by atoms with Crippen molar-refractivity contribution in [2.24, 2.45) is 0 Å². The van der Waals surface area contributed by atoms with Crippen LogP contribution >= 0.6 is 36.2 Å². The molecule has 7 nitrogen and oxygen atoms in total. The van der Waals surface area contributed by atoms with Crippen LogP contribution in [0.2, 0.25) is 0 Å². The summed E-state index contributed by atoms with van der Waals surface area (Å²) in [7, 11) is 2.16. The molecule has 1 aliphatic rings. The summed E-state index contributed by atoms with van der Waals surface area (Å²) in [5, 5.41) is 9.88. The molecule has 3 heterocycles. The number of nitrogens with zero attached hydrogens (tertiary/aromatic N) is 3. The van der Waals surface area contributed by atoms with Crippen LogP contribution in [0.3, 0.4) is 0 Å². The van der Waals surface area contributed by atoms with Gasteiger partial charge in [0.05, 0.1) is 29.1 Å². The summed E-state index contributed by atoms with van der Waals surface area (Å²) < 4.78 is 14.9. The predicted molar refractivity (Wildman–Crippen MR) is 188 cm³/mol. The number of benzene rings is 3. The summed E-state index contributed by atoms with van der Waals surface area (Å²) in [5.74, 6) is -0.0827. The van der Waals surface area contributed by atoms with Gasteiger partial charge in [0.25, 0.3) is 0 Å². The number of thiophene rings is 1. The number of ether oxygens (including phenoxy) is 2. The van der Waals surface area contributed by atoms with Crippen LogP contribution in [0.5, 0.6) is 5.75 Å². The summed E-state index contributed by atoms with van der Waals surface area (Å²) in [5.41, 5.74) is 6.40. The lowest BCUT2D eigenvalue weighted by atomic mass is 10.0. The van der Waals surface area contributed by atoms with Gasteiger partial charge in [0.15, 0.2) is 0 Å². The fraction of sp³-hybridized carbons (Fsp3) is 0.286. The highest BCUT2D eigenvalue weighted by atomic mass is 35.5. The van der Waals surface area contributed by atoms with Crippen LogP contribution in [-0.2, 0) is 17.9 Å². The van der Waals surface area contributed by atoms with E-state index in [0.717, 1.165) is 96.4 Å². The van der Waals surface area contributed by atoms with E-state index in [9.17, 15) is 9.90 Å². The van der Waals surface area contributed by atoms with E-state index in [-0.39, 0.29) is 24.8 Å². The van der Waals surface area contributed by atoms with Gasteiger partial charge in [-0.05, 0) is 54.1 Å². The Morgan fingerprint density at radius 3 is 2.20 bits per heavy atom. The average Bonchev–Trinajstić information content (AvgIpc) is 3.61. The van der Waals surface area contributed by atoms with Crippen LogP contribution in [0, 0.1) is 0 Å².